The summed E-state index contributed by atoms with van der Waals surface area (Å²) < 4.78 is 15.3. The van der Waals surface area contributed by atoms with E-state index in [-0.39, 0.29) is 0 Å². The van der Waals surface area contributed by atoms with Crippen molar-refractivity contribution in [1.29, 1.82) is 0 Å². The number of anilines is 1. The van der Waals surface area contributed by atoms with Crippen LogP contribution in [-0.2, 0) is 9.47 Å². The van der Waals surface area contributed by atoms with Gasteiger partial charge in [-0.3, -0.25) is 0 Å². The Hall–Kier alpha value is -1.33. The molecule has 1 aliphatic heterocycles. The van der Waals surface area contributed by atoms with Crippen LogP contribution in [0.2, 0.25) is 0 Å². The van der Waals surface area contributed by atoms with E-state index < -0.39 is 0 Å². The van der Waals surface area contributed by atoms with E-state index in [1.165, 1.54) is 0 Å². The summed E-state index contributed by atoms with van der Waals surface area (Å²) in [5, 5.41) is 3.31. The first-order valence-corrected chi connectivity index (χ1v) is 5.30. The molecule has 0 unspecified atom stereocenters. The SMILES string of the molecule is COCCOc1ccc(NC2COC2)cn1. The van der Waals surface area contributed by atoms with Crippen LogP contribution >= 0.6 is 0 Å². The number of methoxy groups -OCH3 is 1. The van der Waals surface area contributed by atoms with E-state index in [0.717, 1.165) is 18.9 Å². The fourth-order valence-corrected chi connectivity index (χ4v) is 1.34. The predicted molar refractivity (Wildman–Crippen MR) is 59.8 cm³/mol. The lowest BCUT2D eigenvalue weighted by Gasteiger charge is -2.27. The highest BCUT2D eigenvalue weighted by Gasteiger charge is 2.17. The molecule has 1 aliphatic rings. The number of aromatic nitrogens is 1. The molecule has 0 aromatic carbocycles. The van der Waals surface area contributed by atoms with Crippen LogP contribution < -0.4 is 10.1 Å². The smallest absolute Gasteiger partial charge is 0.213 e. The molecule has 2 heterocycles. The minimum atomic E-state index is 0.419. The number of pyridine rings is 1. The predicted octanol–water partition coefficient (Wildman–Crippen LogP) is 0.917. The van der Waals surface area contributed by atoms with E-state index in [2.05, 4.69) is 10.3 Å². The molecule has 0 saturated carbocycles. The third-order valence-electron chi connectivity index (χ3n) is 2.28. The molecule has 1 aromatic heterocycles. The zero-order valence-corrected chi connectivity index (χ0v) is 9.31. The molecular weight excluding hydrogens is 208 g/mol. The molecule has 5 nitrogen and oxygen atoms in total. The van der Waals surface area contributed by atoms with Crippen molar-refractivity contribution < 1.29 is 14.2 Å². The van der Waals surface area contributed by atoms with E-state index in [1.807, 2.05) is 12.1 Å². The summed E-state index contributed by atoms with van der Waals surface area (Å²) in [5.41, 5.74) is 0.993. The quantitative estimate of drug-likeness (QED) is 0.728. The second-order valence-electron chi connectivity index (χ2n) is 3.61. The Balaban J connectivity index is 1.78. The van der Waals surface area contributed by atoms with Crippen molar-refractivity contribution in [2.75, 3.05) is 38.9 Å². The largest absolute Gasteiger partial charge is 0.475 e. The molecule has 16 heavy (non-hydrogen) atoms. The van der Waals surface area contributed by atoms with Gasteiger partial charge in [-0.1, -0.05) is 0 Å². The average Bonchev–Trinajstić information content (AvgIpc) is 2.26. The van der Waals surface area contributed by atoms with Gasteiger partial charge in [0.15, 0.2) is 0 Å². The monoisotopic (exact) mass is 224 g/mol. The Morgan fingerprint density at radius 3 is 2.88 bits per heavy atom. The number of nitrogens with zero attached hydrogens (tertiary/aromatic N) is 1. The van der Waals surface area contributed by atoms with Crippen molar-refractivity contribution in [2.24, 2.45) is 0 Å². The van der Waals surface area contributed by atoms with Crippen LogP contribution in [-0.4, -0.2) is 44.6 Å². The van der Waals surface area contributed by atoms with E-state index in [0.29, 0.717) is 25.1 Å². The molecule has 0 aliphatic carbocycles. The van der Waals surface area contributed by atoms with Gasteiger partial charge in [-0.2, -0.15) is 0 Å². The van der Waals surface area contributed by atoms with Gasteiger partial charge in [0.05, 0.1) is 37.7 Å². The van der Waals surface area contributed by atoms with Gasteiger partial charge in [-0.05, 0) is 6.07 Å². The van der Waals surface area contributed by atoms with Gasteiger partial charge in [-0.15, -0.1) is 0 Å². The second kappa shape index (κ2) is 5.67. The normalized spacial score (nSPS) is 15.6. The van der Waals surface area contributed by atoms with Crippen LogP contribution in [0, 0.1) is 0 Å². The number of hydrogen-bond donors (Lipinski definition) is 1. The highest BCUT2D eigenvalue weighted by molar-refractivity contribution is 5.43. The maximum atomic E-state index is 5.36. The Kier molecular flexibility index (Phi) is 3.96. The van der Waals surface area contributed by atoms with E-state index >= 15 is 0 Å². The number of hydrogen-bond acceptors (Lipinski definition) is 5. The van der Waals surface area contributed by atoms with Crippen LogP contribution in [0.25, 0.3) is 0 Å². The summed E-state index contributed by atoms with van der Waals surface area (Å²) in [6, 6.07) is 4.22. The second-order valence-corrected chi connectivity index (χ2v) is 3.61. The molecule has 88 valence electrons. The molecule has 0 bridgehead atoms. The third kappa shape index (κ3) is 3.08. The molecule has 1 aromatic rings. The van der Waals surface area contributed by atoms with E-state index in [1.54, 1.807) is 13.3 Å². The van der Waals surface area contributed by atoms with Gasteiger partial charge >= 0.3 is 0 Å². The van der Waals surface area contributed by atoms with Crippen molar-refractivity contribution in [3.05, 3.63) is 18.3 Å². The van der Waals surface area contributed by atoms with Crippen molar-refractivity contribution >= 4 is 5.69 Å². The average molecular weight is 224 g/mol. The zero-order chi connectivity index (χ0) is 11.2. The molecule has 0 radical (unpaired) electrons. The third-order valence-corrected chi connectivity index (χ3v) is 2.28. The summed E-state index contributed by atoms with van der Waals surface area (Å²) in [6.45, 7) is 2.63. The van der Waals surface area contributed by atoms with Crippen molar-refractivity contribution in [3.63, 3.8) is 0 Å². The fourth-order valence-electron chi connectivity index (χ4n) is 1.34. The maximum Gasteiger partial charge on any atom is 0.213 e. The molecule has 0 spiro atoms. The Morgan fingerprint density at radius 2 is 2.31 bits per heavy atom. The molecule has 2 rings (SSSR count). The van der Waals surface area contributed by atoms with E-state index in [9.17, 15) is 0 Å². The Bertz CT molecular complexity index is 312. The van der Waals surface area contributed by atoms with Gasteiger partial charge < -0.3 is 19.5 Å². The zero-order valence-electron chi connectivity index (χ0n) is 9.31. The van der Waals surface area contributed by atoms with Gasteiger partial charge in [0.25, 0.3) is 0 Å². The summed E-state index contributed by atoms with van der Waals surface area (Å²) >= 11 is 0. The van der Waals surface area contributed by atoms with E-state index in [4.69, 9.17) is 14.2 Å². The highest BCUT2D eigenvalue weighted by atomic mass is 16.5. The Morgan fingerprint density at radius 1 is 1.44 bits per heavy atom. The van der Waals surface area contributed by atoms with Crippen molar-refractivity contribution in [1.82, 2.24) is 4.98 Å². The maximum absolute atomic E-state index is 5.36. The molecule has 1 fully saturated rings. The van der Waals surface area contributed by atoms with Gasteiger partial charge in [0, 0.05) is 13.2 Å². The summed E-state index contributed by atoms with van der Waals surface area (Å²) in [4.78, 5) is 4.18. The molecule has 1 N–H and O–H groups in total. The highest BCUT2D eigenvalue weighted by Crippen LogP contribution is 2.14. The lowest BCUT2D eigenvalue weighted by Crippen LogP contribution is -2.40. The summed E-state index contributed by atoms with van der Waals surface area (Å²) in [5.74, 6) is 0.618. The number of rotatable bonds is 6. The molecular formula is C11H16N2O3. The van der Waals surface area contributed by atoms with Crippen molar-refractivity contribution in [2.45, 2.75) is 6.04 Å². The molecule has 1 saturated heterocycles. The lowest BCUT2D eigenvalue weighted by molar-refractivity contribution is 0.0211. The van der Waals surface area contributed by atoms with Gasteiger partial charge in [-0.25, -0.2) is 4.98 Å². The first-order valence-electron chi connectivity index (χ1n) is 5.30. The Labute approximate surface area is 94.7 Å². The van der Waals surface area contributed by atoms with Crippen molar-refractivity contribution in [3.8, 4) is 5.88 Å². The molecule has 5 heteroatoms. The minimum absolute atomic E-state index is 0.419. The molecule has 0 amide bonds. The van der Waals surface area contributed by atoms with Gasteiger partial charge in [0.2, 0.25) is 5.88 Å². The molecule has 0 atom stereocenters. The van der Waals surface area contributed by atoms with Crippen LogP contribution in [0.5, 0.6) is 5.88 Å². The van der Waals surface area contributed by atoms with Crippen LogP contribution in [0.3, 0.4) is 0 Å². The number of ether oxygens (including phenoxy) is 3. The van der Waals surface area contributed by atoms with Crippen LogP contribution in [0.4, 0.5) is 5.69 Å². The summed E-state index contributed by atoms with van der Waals surface area (Å²) in [6.07, 6.45) is 1.76. The fraction of sp³-hybridized carbons (Fsp3) is 0.545. The lowest BCUT2D eigenvalue weighted by atomic mass is 10.2. The summed E-state index contributed by atoms with van der Waals surface area (Å²) in [7, 11) is 1.64. The first-order chi connectivity index (χ1) is 7.88. The first kappa shape index (κ1) is 11.2. The number of nitrogens with one attached hydrogen (secondary N) is 1. The standard InChI is InChI=1S/C11H16N2O3/c1-14-4-5-16-11-3-2-9(6-12-11)13-10-7-15-8-10/h2-3,6,10,13H,4-5,7-8H2,1H3. The topological polar surface area (TPSA) is 52.6 Å². The van der Waals surface area contributed by atoms with Crippen LogP contribution in [0.1, 0.15) is 0 Å². The van der Waals surface area contributed by atoms with Crippen LogP contribution in [0.15, 0.2) is 18.3 Å². The van der Waals surface area contributed by atoms with Gasteiger partial charge in [0.1, 0.15) is 6.61 Å². The minimum Gasteiger partial charge on any atom is -0.475 e.